The zero-order valence-electron chi connectivity index (χ0n) is 10.9. The summed E-state index contributed by atoms with van der Waals surface area (Å²) in [6, 6.07) is 10.6. The molecule has 0 heterocycles. The largest absolute Gasteiger partial charge is 0.319 e. The molecule has 1 unspecified atom stereocenters. The second-order valence-electron chi connectivity index (χ2n) is 4.22. The summed E-state index contributed by atoms with van der Waals surface area (Å²) in [5.41, 5.74) is 2.68. The van der Waals surface area contributed by atoms with Gasteiger partial charge in [-0.25, -0.2) is 0 Å². The van der Waals surface area contributed by atoms with Crippen LogP contribution in [0.25, 0.3) is 0 Å². The van der Waals surface area contributed by atoms with Crippen LogP contribution in [0.1, 0.15) is 31.2 Å². The van der Waals surface area contributed by atoms with Gasteiger partial charge in [0, 0.05) is 12.5 Å². The predicted molar refractivity (Wildman–Crippen MR) is 76.3 cm³/mol. The molecule has 0 aliphatic rings. The standard InChI is InChI=1S/C16H23N/c1-4-6-10-14(5-2)16(13-17-3)15-11-8-7-9-12-15/h5,7-12,16-17H,2,4,6,13H2,1,3H3/b14-10+. The van der Waals surface area contributed by atoms with Crippen molar-refractivity contribution < 1.29 is 0 Å². The Morgan fingerprint density at radius 3 is 2.59 bits per heavy atom. The van der Waals surface area contributed by atoms with Crippen molar-refractivity contribution >= 4 is 0 Å². The highest BCUT2D eigenvalue weighted by atomic mass is 14.8. The maximum Gasteiger partial charge on any atom is 0.0211 e. The van der Waals surface area contributed by atoms with Gasteiger partial charge in [-0.15, -0.1) is 0 Å². The Labute approximate surface area is 105 Å². The molecule has 0 fully saturated rings. The van der Waals surface area contributed by atoms with Gasteiger partial charge in [0.15, 0.2) is 0 Å². The highest BCUT2D eigenvalue weighted by Gasteiger charge is 2.12. The van der Waals surface area contributed by atoms with Crippen molar-refractivity contribution in [3.63, 3.8) is 0 Å². The van der Waals surface area contributed by atoms with Crippen molar-refractivity contribution in [2.75, 3.05) is 13.6 Å². The summed E-state index contributed by atoms with van der Waals surface area (Å²) in [6.07, 6.45) is 6.60. The number of allylic oxidation sites excluding steroid dienone is 2. The molecule has 1 aromatic carbocycles. The molecule has 1 atom stereocenters. The number of hydrogen-bond donors (Lipinski definition) is 1. The monoisotopic (exact) mass is 229 g/mol. The summed E-state index contributed by atoms with van der Waals surface area (Å²) < 4.78 is 0. The van der Waals surface area contributed by atoms with Crippen LogP contribution in [0.4, 0.5) is 0 Å². The van der Waals surface area contributed by atoms with Crippen LogP contribution in [0, 0.1) is 0 Å². The van der Waals surface area contributed by atoms with Crippen LogP contribution < -0.4 is 5.32 Å². The van der Waals surface area contributed by atoms with Gasteiger partial charge in [0.05, 0.1) is 0 Å². The summed E-state index contributed by atoms with van der Waals surface area (Å²) in [5, 5.41) is 3.27. The lowest BCUT2D eigenvalue weighted by Crippen LogP contribution is -2.18. The molecule has 0 saturated carbocycles. The zero-order valence-corrected chi connectivity index (χ0v) is 10.9. The van der Waals surface area contributed by atoms with Gasteiger partial charge in [-0.05, 0) is 24.6 Å². The Bertz CT molecular complexity index is 351. The van der Waals surface area contributed by atoms with Crippen LogP contribution in [0.2, 0.25) is 0 Å². The third kappa shape index (κ3) is 4.20. The highest BCUT2D eigenvalue weighted by Crippen LogP contribution is 2.25. The first-order valence-electron chi connectivity index (χ1n) is 6.35. The summed E-state index contributed by atoms with van der Waals surface area (Å²) in [6.45, 7) is 7.10. The van der Waals surface area contributed by atoms with E-state index in [4.69, 9.17) is 0 Å². The third-order valence-corrected chi connectivity index (χ3v) is 2.92. The lowest BCUT2D eigenvalue weighted by molar-refractivity contribution is 0.703. The fourth-order valence-electron chi connectivity index (χ4n) is 2.00. The van der Waals surface area contributed by atoms with E-state index in [0.29, 0.717) is 5.92 Å². The van der Waals surface area contributed by atoms with Crippen molar-refractivity contribution in [1.29, 1.82) is 0 Å². The Morgan fingerprint density at radius 1 is 1.35 bits per heavy atom. The van der Waals surface area contributed by atoms with E-state index < -0.39 is 0 Å². The van der Waals surface area contributed by atoms with Crippen LogP contribution in [-0.2, 0) is 0 Å². The van der Waals surface area contributed by atoms with Crippen molar-refractivity contribution in [3.8, 4) is 0 Å². The van der Waals surface area contributed by atoms with E-state index in [2.05, 4.69) is 55.2 Å². The van der Waals surface area contributed by atoms with Crippen molar-refractivity contribution in [2.24, 2.45) is 0 Å². The number of hydrogen-bond acceptors (Lipinski definition) is 1. The first-order valence-corrected chi connectivity index (χ1v) is 6.35. The van der Waals surface area contributed by atoms with Gasteiger partial charge in [-0.3, -0.25) is 0 Å². The van der Waals surface area contributed by atoms with Crippen LogP contribution in [0.3, 0.4) is 0 Å². The van der Waals surface area contributed by atoms with Crippen LogP contribution >= 0.6 is 0 Å². The zero-order chi connectivity index (χ0) is 12.5. The van der Waals surface area contributed by atoms with Gasteiger partial charge >= 0.3 is 0 Å². The normalized spacial score (nSPS) is 13.4. The Hall–Kier alpha value is -1.34. The molecule has 17 heavy (non-hydrogen) atoms. The molecule has 0 amide bonds. The molecule has 0 aliphatic heterocycles. The molecule has 0 aromatic heterocycles. The van der Waals surface area contributed by atoms with Gasteiger partial charge in [0.2, 0.25) is 0 Å². The molecule has 0 radical (unpaired) electrons. The SMILES string of the molecule is C=C/C(=C\CCC)C(CNC)c1ccccc1. The fraction of sp³-hybridized carbons (Fsp3) is 0.375. The lowest BCUT2D eigenvalue weighted by atomic mass is 9.90. The number of unbranched alkanes of at least 4 members (excludes halogenated alkanes) is 1. The summed E-state index contributed by atoms with van der Waals surface area (Å²) in [4.78, 5) is 0. The minimum absolute atomic E-state index is 0.408. The summed E-state index contributed by atoms with van der Waals surface area (Å²) >= 11 is 0. The van der Waals surface area contributed by atoms with E-state index in [0.717, 1.165) is 13.0 Å². The first-order chi connectivity index (χ1) is 8.33. The van der Waals surface area contributed by atoms with E-state index in [-0.39, 0.29) is 0 Å². The van der Waals surface area contributed by atoms with E-state index in [1.807, 2.05) is 13.1 Å². The van der Waals surface area contributed by atoms with Crippen LogP contribution in [0.15, 0.2) is 54.6 Å². The Balaban J connectivity index is 2.95. The third-order valence-electron chi connectivity index (χ3n) is 2.92. The molecule has 92 valence electrons. The molecular formula is C16H23N. The predicted octanol–water partition coefficient (Wildman–Crippen LogP) is 3.90. The first kappa shape index (κ1) is 13.7. The molecule has 1 N–H and O–H groups in total. The average Bonchev–Trinajstić information content (AvgIpc) is 2.39. The lowest BCUT2D eigenvalue weighted by Gasteiger charge is -2.18. The topological polar surface area (TPSA) is 12.0 Å². The maximum absolute atomic E-state index is 3.95. The second kappa shape index (κ2) is 7.86. The van der Waals surface area contributed by atoms with Crippen LogP contribution in [0.5, 0.6) is 0 Å². The molecule has 1 rings (SSSR count). The molecule has 0 bridgehead atoms. The van der Waals surface area contributed by atoms with E-state index in [1.54, 1.807) is 0 Å². The molecule has 0 saturated heterocycles. The molecule has 0 aliphatic carbocycles. The number of benzene rings is 1. The second-order valence-corrected chi connectivity index (χ2v) is 4.22. The van der Waals surface area contributed by atoms with E-state index in [9.17, 15) is 0 Å². The van der Waals surface area contributed by atoms with Gasteiger partial charge < -0.3 is 5.32 Å². The number of likely N-dealkylation sites (N-methyl/N-ethyl adjacent to an activating group) is 1. The minimum atomic E-state index is 0.408. The van der Waals surface area contributed by atoms with Gasteiger partial charge in [0.1, 0.15) is 0 Å². The van der Waals surface area contributed by atoms with Crippen molar-refractivity contribution in [2.45, 2.75) is 25.7 Å². The minimum Gasteiger partial charge on any atom is -0.319 e. The van der Waals surface area contributed by atoms with E-state index >= 15 is 0 Å². The number of nitrogens with one attached hydrogen (secondary N) is 1. The fourth-order valence-corrected chi connectivity index (χ4v) is 2.00. The summed E-state index contributed by atoms with van der Waals surface area (Å²) in [5.74, 6) is 0.408. The van der Waals surface area contributed by atoms with Gasteiger partial charge in [0.25, 0.3) is 0 Å². The molecular weight excluding hydrogens is 206 g/mol. The van der Waals surface area contributed by atoms with E-state index in [1.165, 1.54) is 17.6 Å². The van der Waals surface area contributed by atoms with Gasteiger partial charge in [-0.2, -0.15) is 0 Å². The van der Waals surface area contributed by atoms with Crippen molar-refractivity contribution in [3.05, 3.63) is 60.2 Å². The maximum atomic E-state index is 3.95. The quantitative estimate of drug-likeness (QED) is 0.699. The number of rotatable bonds is 7. The Morgan fingerprint density at radius 2 is 2.06 bits per heavy atom. The molecule has 0 spiro atoms. The van der Waals surface area contributed by atoms with Crippen molar-refractivity contribution in [1.82, 2.24) is 5.32 Å². The van der Waals surface area contributed by atoms with Gasteiger partial charge in [-0.1, -0.05) is 62.4 Å². The average molecular weight is 229 g/mol. The Kier molecular flexibility index (Phi) is 6.34. The van der Waals surface area contributed by atoms with Crippen LogP contribution in [-0.4, -0.2) is 13.6 Å². The molecule has 1 aromatic rings. The summed E-state index contributed by atoms with van der Waals surface area (Å²) in [7, 11) is 2.00. The molecule has 1 nitrogen and oxygen atoms in total. The smallest absolute Gasteiger partial charge is 0.0211 e. The highest BCUT2D eigenvalue weighted by molar-refractivity contribution is 5.34. The molecule has 1 heteroatoms.